The lowest BCUT2D eigenvalue weighted by Gasteiger charge is -2.32. The third kappa shape index (κ3) is 5.15. The molecule has 0 radical (unpaired) electrons. The molecule has 26 heavy (non-hydrogen) atoms. The average Bonchev–Trinajstić information content (AvgIpc) is 3.10. The number of benzene rings is 2. The van der Waals surface area contributed by atoms with Crippen LogP contribution in [-0.4, -0.2) is 15.3 Å². The Balaban J connectivity index is 1.78. The van der Waals surface area contributed by atoms with Crippen molar-refractivity contribution in [2.24, 2.45) is 0 Å². The largest absolute Gasteiger partial charge is 0.356 e. The molecule has 1 aromatic heterocycles. The van der Waals surface area contributed by atoms with Crippen LogP contribution in [0, 0.1) is 0 Å². The first-order chi connectivity index (χ1) is 12.4. The first-order valence-corrected chi connectivity index (χ1v) is 9.14. The minimum Gasteiger partial charge on any atom is -0.356 e. The SMILES string of the molecule is CC(Cn1ccnc1)(Nc1ccc(Cl)c(Cl)c1)OCc1ccc(Cl)cc1. The summed E-state index contributed by atoms with van der Waals surface area (Å²) >= 11 is 18.1. The van der Waals surface area contributed by atoms with E-state index in [2.05, 4.69) is 10.3 Å². The molecule has 0 bridgehead atoms. The maximum Gasteiger partial charge on any atom is 0.154 e. The zero-order valence-electron chi connectivity index (χ0n) is 14.1. The number of rotatable bonds is 7. The molecule has 1 N–H and O–H groups in total. The fourth-order valence-corrected chi connectivity index (χ4v) is 2.98. The molecule has 1 atom stereocenters. The van der Waals surface area contributed by atoms with Crippen molar-refractivity contribution in [3.8, 4) is 0 Å². The lowest BCUT2D eigenvalue weighted by atomic mass is 10.2. The number of anilines is 1. The van der Waals surface area contributed by atoms with Crippen molar-refractivity contribution in [2.75, 3.05) is 5.32 Å². The van der Waals surface area contributed by atoms with E-state index in [0.717, 1.165) is 11.3 Å². The number of nitrogens with one attached hydrogen (secondary N) is 1. The van der Waals surface area contributed by atoms with Gasteiger partial charge in [0.15, 0.2) is 5.72 Å². The topological polar surface area (TPSA) is 39.1 Å². The van der Waals surface area contributed by atoms with Gasteiger partial charge >= 0.3 is 0 Å². The Kier molecular flexibility index (Phi) is 6.09. The van der Waals surface area contributed by atoms with Crippen molar-refractivity contribution in [3.05, 3.63) is 81.8 Å². The molecule has 1 unspecified atom stereocenters. The third-order valence-corrected chi connectivity index (χ3v) is 4.83. The standard InChI is InChI=1S/C19H18Cl3N3O/c1-19(12-25-9-8-23-13-25,24-16-6-7-17(21)18(22)10-16)26-11-14-2-4-15(20)5-3-14/h2-10,13,24H,11-12H2,1H3. The fourth-order valence-electron chi connectivity index (χ4n) is 2.55. The Hall–Kier alpha value is -1.72. The van der Waals surface area contributed by atoms with Gasteiger partial charge in [-0.15, -0.1) is 0 Å². The van der Waals surface area contributed by atoms with Gasteiger partial charge in [-0.3, -0.25) is 0 Å². The van der Waals surface area contributed by atoms with Gasteiger partial charge in [0.2, 0.25) is 0 Å². The highest BCUT2D eigenvalue weighted by atomic mass is 35.5. The first-order valence-electron chi connectivity index (χ1n) is 8.01. The highest BCUT2D eigenvalue weighted by Crippen LogP contribution is 2.28. The van der Waals surface area contributed by atoms with Gasteiger partial charge in [-0.1, -0.05) is 46.9 Å². The van der Waals surface area contributed by atoms with E-state index in [0.29, 0.717) is 28.2 Å². The van der Waals surface area contributed by atoms with E-state index in [1.807, 2.05) is 48.0 Å². The minimum atomic E-state index is -0.697. The fraction of sp³-hybridized carbons (Fsp3) is 0.211. The highest BCUT2D eigenvalue weighted by Gasteiger charge is 2.26. The van der Waals surface area contributed by atoms with Crippen LogP contribution in [0.1, 0.15) is 12.5 Å². The molecule has 0 aliphatic carbocycles. The van der Waals surface area contributed by atoms with Gasteiger partial charge in [0, 0.05) is 23.1 Å². The number of nitrogens with zero attached hydrogens (tertiary/aromatic N) is 2. The van der Waals surface area contributed by atoms with Crippen LogP contribution < -0.4 is 5.32 Å². The Morgan fingerprint density at radius 1 is 1.08 bits per heavy atom. The van der Waals surface area contributed by atoms with Crippen molar-refractivity contribution < 1.29 is 4.74 Å². The molecule has 0 saturated carbocycles. The van der Waals surface area contributed by atoms with Crippen LogP contribution in [0.5, 0.6) is 0 Å². The Labute approximate surface area is 167 Å². The molecule has 2 aromatic carbocycles. The summed E-state index contributed by atoms with van der Waals surface area (Å²) in [6.45, 7) is 2.96. The van der Waals surface area contributed by atoms with E-state index in [1.54, 1.807) is 24.7 Å². The van der Waals surface area contributed by atoms with E-state index in [9.17, 15) is 0 Å². The van der Waals surface area contributed by atoms with Gasteiger partial charge in [0.1, 0.15) is 0 Å². The smallest absolute Gasteiger partial charge is 0.154 e. The van der Waals surface area contributed by atoms with Gasteiger partial charge in [-0.2, -0.15) is 0 Å². The molecule has 0 spiro atoms. The molecule has 0 aliphatic rings. The summed E-state index contributed by atoms with van der Waals surface area (Å²) < 4.78 is 8.17. The molecule has 0 aliphatic heterocycles. The number of ether oxygens (including phenoxy) is 1. The normalized spacial score (nSPS) is 13.4. The van der Waals surface area contributed by atoms with Gasteiger partial charge in [0.05, 0.1) is 29.5 Å². The second kappa shape index (κ2) is 8.31. The van der Waals surface area contributed by atoms with Crippen LogP contribution in [0.2, 0.25) is 15.1 Å². The van der Waals surface area contributed by atoms with Gasteiger partial charge in [-0.05, 0) is 42.8 Å². The van der Waals surface area contributed by atoms with Crippen LogP contribution in [0.15, 0.2) is 61.2 Å². The molecule has 1 heterocycles. The monoisotopic (exact) mass is 409 g/mol. The number of imidazole rings is 1. The molecule has 0 amide bonds. The minimum absolute atomic E-state index is 0.427. The molecule has 4 nitrogen and oxygen atoms in total. The maximum absolute atomic E-state index is 6.22. The zero-order chi connectivity index (χ0) is 18.6. The predicted molar refractivity (Wildman–Crippen MR) is 107 cm³/mol. The molecule has 136 valence electrons. The lowest BCUT2D eigenvalue weighted by molar-refractivity contribution is -0.0335. The van der Waals surface area contributed by atoms with Crippen LogP contribution >= 0.6 is 34.8 Å². The van der Waals surface area contributed by atoms with Gasteiger partial charge in [-0.25, -0.2) is 4.98 Å². The molecular weight excluding hydrogens is 393 g/mol. The maximum atomic E-state index is 6.22. The number of hydrogen-bond acceptors (Lipinski definition) is 3. The molecular formula is C19H18Cl3N3O. The first kappa shape index (κ1) is 19.1. The number of aromatic nitrogens is 2. The predicted octanol–water partition coefficient (Wildman–Crippen LogP) is 5.89. The number of hydrogen-bond donors (Lipinski definition) is 1. The van der Waals surface area contributed by atoms with E-state index < -0.39 is 5.72 Å². The Morgan fingerprint density at radius 2 is 1.85 bits per heavy atom. The molecule has 3 rings (SSSR count). The summed E-state index contributed by atoms with van der Waals surface area (Å²) in [4.78, 5) is 4.09. The second-order valence-corrected chi connectivity index (χ2v) is 7.39. The second-order valence-electron chi connectivity index (χ2n) is 6.13. The van der Waals surface area contributed by atoms with Crippen molar-refractivity contribution >= 4 is 40.5 Å². The summed E-state index contributed by atoms with van der Waals surface area (Å²) in [5.41, 5.74) is 1.15. The lowest BCUT2D eigenvalue weighted by Crippen LogP contribution is -2.42. The van der Waals surface area contributed by atoms with Crippen molar-refractivity contribution in [1.29, 1.82) is 0 Å². The molecule has 0 fully saturated rings. The third-order valence-electron chi connectivity index (χ3n) is 3.84. The summed E-state index contributed by atoms with van der Waals surface area (Å²) in [6.07, 6.45) is 5.37. The van der Waals surface area contributed by atoms with E-state index in [4.69, 9.17) is 39.5 Å². The summed E-state index contributed by atoms with van der Waals surface area (Å²) in [6, 6.07) is 13.0. The van der Waals surface area contributed by atoms with Crippen LogP contribution in [0.3, 0.4) is 0 Å². The van der Waals surface area contributed by atoms with E-state index >= 15 is 0 Å². The van der Waals surface area contributed by atoms with E-state index in [1.165, 1.54) is 0 Å². The van der Waals surface area contributed by atoms with Crippen LogP contribution in [-0.2, 0) is 17.9 Å². The Morgan fingerprint density at radius 3 is 2.50 bits per heavy atom. The van der Waals surface area contributed by atoms with Crippen molar-refractivity contribution in [1.82, 2.24) is 9.55 Å². The Bertz CT molecular complexity index is 853. The summed E-state index contributed by atoms with van der Waals surface area (Å²) in [5, 5.41) is 5.10. The highest BCUT2D eigenvalue weighted by molar-refractivity contribution is 6.42. The average molecular weight is 411 g/mol. The quantitative estimate of drug-likeness (QED) is 0.494. The number of halogens is 3. The molecule has 0 saturated heterocycles. The van der Waals surface area contributed by atoms with Crippen LogP contribution in [0.25, 0.3) is 0 Å². The van der Waals surface area contributed by atoms with Gasteiger partial charge < -0.3 is 14.6 Å². The zero-order valence-corrected chi connectivity index (χ0v) is 16.4. The summed E-state index contributed by atoms with van der Waals surface area (Å²) in [7, 11) is 0. The van der Waals surface area contributed by atoms with Crippen LogP contribution in [0.4, 0.5) is 5.69 Å². The van der Waals surface area contributed by atoms with Crippen molar-refractivity contribution in [3.63, 3.8) is 0 Å². The molecule has 7 heteroatoms. The van der Waals surface area contributed by atoms with E-state index in [-0.39, 0.29) is 0 Å². The van der Waals surface area contributed by atoms with Crippen molar-refractivity contribution in [2.45, 2.75) is 25.8 Å². The van der Waals surface area contributed by atoms with Gasteiger partial charge in [0.25, 0.3) is 0 Å². The molecule has 3 aromatic rings. The summed E-state index contributed by atoms with van der Waals surface area (Å²) in [5.74, 6) is 0.